The lowest BCUT2D eigenvalue weighted by Gasteiger charge is -2.28. The molecule has 0 aliphatic carbocycles. The van der Waals surface area contributed by atoms with E-state index in [1.807, 2.05) is 20.8 Å². The molecule has 0 rings (SSSR count). The molecule has 6 nitrogen and oxygen atoms in total. The Bertz CT molecular complexity index is 366. The number of carbonyl (C=O) groups excluding carboxylic acids is 3. The Labute approximate surface area is 120 Å². The van der Waals surface area contributed by atoms with Gasteiger partial charge in [-0.1, -0.05) is 20.8 Å². The maximum Gasteiger partial charge on any atom is 0.410 e. The summed E-state index contributed by atoms with van der Waals surface area (Å²) in [4.78, 5) is 35.7. The molecule has 6 heteroatoms. The molecular formula is C14H26N2O4. The van der Waals surface area contributed by atoms with E-state index in [1.165, 1.54) is 11.9 Å². The van der Waals surface area contributed by atoms with E-state index >= 15 is 0 Å². The molecular weight excluding hydrogens is 260 g/mol. The van der Waals surface area contributed by atoms with Crippen molar-refractivity contribution in [1.29, 1.82) is 0 Å². The third-order valence-corrected chi connectivity index (χ3v) is 2.47. The summed E-state index contributed by atoms with van der Waals surface area (Å²) in [6.45, 7) is 10.6. The lowest BCUT2D eigenvalue weighted by atomic mass is 9.87. The van der Waals surface area contributed by atoms with Crippen LogP contribution in [-0.2, 0) is 14.3 Å². The molecule has 0 aromatic carbocycles. The van der Waals surface area contributed by atoms with Crippen LogP contribution in [-0.4, -0.2) is 48.4 Å². The number of carbonyl (C=O) groups is 3. The summed E-state index contributed by atoms with van der Waals surface area (Å²) in [6.07, 6.45) is 0.122. The van der Waals surface area contributed by atoms with Crippen LogP contribution in [0.4, 0.5) is 4.79 Å². The van der Waals surface area contributed by atoms with Crippen LogP contribution in [0.5, 0.6) is 0 Å². The smallest absolute Gasteiger partial charge is 0.410 e. The van der Waals surface area contributed by atoms with Gasteiger partial charge in [0.2, 0.25) is 5.91 Å². The predicted molar refractivity (Wildman–Crippen MR) is 76.3 cm³/mol. The highest BCUT2D eigenvalue weighted by molar-refractivity contribution is 5.84. The van der Waals surface area contributed by atoms with Crippen LogP contribution in [0.15, 0.2) is 0 Å². The van der Waals surface area contributed by atoms with Gasteiger partial charge >= 0.3 is 6.09 Å². The molecule has 0 aromatic heterocycles. The van der Waals surface area contributed by atoms with E-state index in [-0.39, 0.29) is 12.0 Å². The zero-order valence-electron chi connectivity index (χ0n) is 13.4. The minimum absolute atomic E-state index is 0.157. The minimum Gasteiger partial charge on any atom is -0.444 e. The first kappa shape index (κ1) is 18.4. The minimum atomic E-state index is -0.613. The van der Waals surface area contributed by atoms with Crippen molar-refractivity contribution in [2.24, 2.45) is 5.41 Å². The predicted octanol–water partition coefficient (Wildman–Crippen LogP) is 1.58. The van der Waals surface area contributed by atoms with Crippen LogP contribution in [0, 0.1) is 5.41 Å². The standard InChI is InChI=1S/C14H26N2O4/c1-13(2,3)10(9-17)15-11(18)8-16(7)12(19)20-14(4,5)6/h9-10H,8H2,1-7H3,(H,15,18). The SMILES string of the molecule is CN(CC(=O)NC(C=O)C(C)(C)C)C(=O)OC(C)(C)C. The zero-order chi connectivity index (χ0) is 16.1. The van der Waals surface area contributed by atoms with E-state index in [9.17, 15) is 14.4 Å². The van der Waals surface area contributed by atoms with Crippen molar-refractivity contribution in [3.63, 3.8) is 0 Å². The Morgan fingerprint density at radius 2 is 1.70 bits per heavy atom. The average Bonchev–Trinajstić information content (AvgIpc) is 2.21. The summed E-state index contributed by atoms with van der Waals surface area (Å²) in [5.74, 6) is -0.398. The van der Waals surface area contributed by atoms with E-state index < -0.39 is 23.6 Å². The summed E-state index contributed by atoms with van der Waals surface area (Å²) in [5, 5.41) is 2.60. The van der Waals surface area contributed by atoms with Crippen molar-refractivity contribution in [3.05, 3.63) is 0 Å². The molecule has 116 valence electrons. The van der Waals surface area contributed by atoms with Crippen molar-refractivity contribution in [1.82, 2.24) is 10.2 Å². The van der Waals surface area contributed by atoms with Crippen molar-refractivity contribution in [2.45, 2.75) is 53.2 Å². The third-order valence-electron chi connectivity index (χ3n) is 2.47. The molecule has 0 saturated heterocycles. The normalized spacial score (nSPS) is 13.3. The van der Waals surface area contributed by atoms with E-state index in [0.717, 1.165) is 0 Å². The van der Waals surface area contributed by atoms with E-state index in [4.69, 9.17) is 4.74 Å². The topological polar surface area (TPSA) is 75.7 Å². The number of rotatable bonds is 4. The maximum atomic E-state index is 11.8. The lowest BCUT2D eigenvalue weighted by molar-refractivity contribution is -0.126. The first-order chi connectivity index (χ1) is 8.86. The molecule has 0 aliphatic heterocycles. The number of likely N-dealkylation sites (N-methyl/N-ethyl adjacent to an activating group) is 1. The van der Waals surface area contributed by atoms with Gasteiger partial charge < -0.3 is 19.7 Å². The second-order valence-electron chi connectivity index (χ2n) is 6.88. The van der Waals surface area contributed by atoms with Crippen LogP contribution in [0.25, 0.3) is 0 Å². The Morgan fingerprint density at radius 3 is 2.05 bits per heavy atom. The maximum absolute atomic E-state index is 11.8. The van der Waals surface area contributed by atoms with Gasteiger partial charge in [0.15, 0.2) is 0 Å². The molecule has 1 atom stereocenters. The number of amides is 2. The molecule has 20 heavy (non-hydrogen) atoms. The highest BCUT2D eigenvalue weighted by Crippen LogP contribution is 2.17. The molecule has 0 bridgehead atoms. The molecule has 1 N–H and O–H groups in total. The van der Waals surface area contributed by atoms with Crippen molar-refractivity contribution < 1.29 is 19.1 Å². The quantitative estimate of drug-likeness (QED) is 0.796. The second-order valence-corrected chi connectivity index (χ2v) is 6.88. The van der Waals surface area contributed by atoms with E-state index in [0.29, 0.717) is 6.29 Å². The third kappa shape index (κ3) is 7.11. The lowest BCUT2D eigenvalue weighted by Crippen LogP contribution is -2.49. The van der Waals surface area contributed by atoms with Gasteiger partial charge in [-0.3, -0.25) is 4.79 Å². The fourth-order valence-corrected chi connectivity index (χ4v) is 1.29. The van der Waals surface area contributed by atoms with E-state index in [1.54, 1.807) is 20.8 Å². The monoisotopic (exact) mass is 286 g/mol. The second kappa shape index (κ2) is 6.72. The number of aldehydes is 1. The fraction of sp³-hybridized carbons (Fsp3) is 0.786. The Hall–Kier alpha value is -1.59. The number of hydrogen-bond acceptors (Lipinski definition) is 4. The van der Waals surface area contributed by atoms with E-state index in [2.05, 4.69) is 5.32 Å². The molecule has 1 unspecified atom stereocenters. The molecule has 0 saturated carbocycles. The van der Waals surface area contributed by atoms with Gasteiger partial charge in [0.05, 0.1) is 6.04 Å². The summed E-state index contributed by atoms with van der Waals surface area (Å²) in [6, 6.07) is -0.595. The van der Waals surface area contributed by atoms with Crippen LogP contribution >= 0.6 is 0 Å². The summed E-state index contributed by atoms with van der Waals surface area (Å²) < 4.78 is 5.14. The molecule has 2 amide bonds. The Morgan fingerprint density at radius 1 is 1.20 bits per heavy atom. The summed E-state index contributed by atoms with van der Waals surface area (Å²) >= 11 is 0. The van der Waals surface area contributed by atoms with Crippen LogP contribution in [0.3, 0.4) is 0 Å². The van der Waals surface area contributed by atoms with Crippen LogP contribution < -0.4 is 5.32 Å². The van der Waals surface area contributed by atoms with Gasteiger partial charge in [0, 0.05) is 7.05 Å². The van der Waals surface area contributed by atoms with Crippen molar-refractivity contribution in [2.75, 3.05) is 13.6 Å². The molecule has 0 radical (unpaired) electrons. The number of nitrogens with one attached hydrogen (secondary N) is 1. The number of hydrogen-bond donors (Lipinski definition) is 1. The zero-order valence-corrected chi connectivity index (χ0v) is 13.4. The van der Waals surface area contributed by atoms with Crippen LogP contribution in [0.1, 0.15) is 41.5 Å². The highest BCUT2D eigenvalue weighted by Gasteiger charge is 2.27. The molecule has 0 aromatic rings. The summed E-state index contributed by atoms with van der Waals surface area (Å²) in [7, 11) is 1.47. The van der Waals surface area contributed by atoms with Gasteiger partial charge in [-0.05, 0) is 26.2 Å². The first-order valence-electron chi connectivity index (χ1n) is 6.55. The van der Waals surface area contributed by atoms with Crippen LogP contribution in [0.2, 0.25) is 0 Å². The highest BCUT2D eigenvalue weighted by atomic mass is 16.6. The first-order valence-corrected chi connectivity index (χ1v) is 6.55. The average molecular weight is 286 g/mol. The van der Waals surface area contributed by atoms with Crippen molar-refractivity contribution in [3.8, 4) is 0 Å². The Kier molecular flexibility index (Phi) is 6.19. The van der Waals surface area contributed by atoms with Gasteiger partial charge in [-0.2, -0.15) is 0 Å². The fourth-order valence-electron chi connectivity index (χ4n) is 1.29. The van der Waals surface area contributed by atoms with Gasteiger partial charge in [-0.25, -0.2) is 4.79 Å². The summed E-state index contributed by atoms with van der Waals surface area (Å²) in [5.41, 5.74) is -0.986. The molecule has 0 fully saturated rings. The van der Waals surface area contributed by atoms with Gasteiger partial charge in [0.25, 0.3) is 0 Å². The largest absolute Gasteiger partial charge is 0.444 e. The molecule has 0 aliphatic rings. The van der Waals surface area contributed by atoms with Gasteiger partial charge in [-0.15, -0.1) is 0 Å². The van der Waals surface area contributed by atoms with Gasteiger partial charge in [0.1, 0.15) is 18.4 Å². The Balaban J connectivity index is 4.47. The molecule has 0 spiro atoms. The van der Waals surface area contributed by atoms with Crippen molar-refractivity contribution >= 4 is 18.3 Å². The molecule has 0 heterocycles. The number of ether oxygens (including phenoxy) is 1. The number of nitrogens with zero attached hydrogens (tertiary/aromatic N) is 1.